The summed E-state index contributed by atoms with van der Waals surface area (Å²) in [5.74, 6) is 1.22. The smallest absolute Gasteiger partial charge is 0.154 e. The van der Waals surface area contributed by atoms with Crippen molar-refractivity contribution in [1.82, 2.24) is 0 Å². The van der Waals surface area contributed by atoms with E-state index in [4.69, 9.17) is 9.47 Å². The summed E-state index contributed by atoms with van der Waals surface area (Å²) in [5.41, 5.74) is 1.39. The van der Waals surface area contributed by atoms with Gasteiger partial charge < -0.3 is 9.47 Å². The van der Waals surface area contributed by atoms with Crippen LogP contribution in [-0.2, 0) is 9.47 Å². The fourth-order valence-electron chi connectivity index (χ4n) is 1.39. The molecule has 0 aromatic carbocycles. The lowest BCUT2D eigenvalue weighted by Crippen LogP contribution is -2.20. The van der Waals surface area contributed by atoms with E-state index in [0.29, 0.717) is 18.4 Å². The summed E-state index contributed by atoms with van der Waals surface area (Å²) >= 11 is 0. The number of hydrogen-bond donors (Lipinski definition) is 0. The summed E-state index contributed by atoms with van der Waals surface area (Å²) < 4.78 is 11.0. The lowest BCUT2D eigenvalue weighted by Gasteiger charge is -2.21. The largest absolute Gasteiger partial charge is 0.353 e. The third-order valence-electron chi connectivity index (χ3n) is 2.86. The topological polar surface area (TPSA) is 18.5 Å². The molecule has 0 aromatic heterocycles. The molecule has 0 amide bonds. The molecule has 0 N–H and O–H groups in total. The van der Waals surface area contributed by atoms with Crippen LogP contribution in [0.5, 0.6) is 0 Å². The quantitative estimate of drug-likeness (QED) is 0.461. The zero-order valence-corrected chi connectivity index (χ0v) is 11.7. The number of hydrogen-bond acceptors (Lipinski definition) is 2. The second kappa shape index (κ2) is 8.77. The van der Waals surface area contributed by atoms with Crippen molar-refractivity contribution in [3.63, 3.8) is 0 Å². The molecule has 0 aromatic rings. The molecule has 3 atom stereocenters. The van der Waals surface area contributed by atoms with E-state index in [9.17, 15) is 0 Å². The van der Waals surface area contributed by atoms with Gasteiger partial charge in [-0.25, -0.2) is 0 Å². The number of rotatable bonds is 8. The fraction of sp³-hybridized carbons (Fsp3) is 0.857. The maximum Gasteiger partial charge on any atom is 0.154 e. The summed E-state index contributed by atoms with van der Waals surface area (Å²) in [7, 11) is 0. The Hall–Kier alpha value is -0.340. The first-order valence-electron chi connectivity index (χ1n) is 6.33. The Morgan fingerprint density at radius 2 is 1.69 bits per heavy atom. The highest BCUT2D eigenvalue weighted by atomic mass is 16.7. The van der Waals surface area contributed by atoms with Crippen LogP contribution in [0.2, 0.25) is 0 Å². The van der Waals surface area contributed by atoms with Crippen LogP contribution in [0.3, 0.4) is 0 Å². The summed E-state index contributed by atoms with van der Waals surface area (Å²) in [6.45, 7) is 14.2. The van der Waals surface area contributed by atoms with Crippen molar-refractivity contribution in [3.8, 4) is 0 Å². The summed E-state index contributed by atoms with van der Waals surface area (Å²) in [6, 6.07) is 0. The van der Waals surface area contributed by atoms with Gasteiger partial charge in [0.05, 0.1) is 6.61 Å². The van der Waals surface area contributed by atoms with Gasteiger partial charge in [0, 0.05) is 6.61 Å². The minimum Gasteiger partial charge on any atom is -0.353 e. The van der Waals surface area contributed by atoms with Crippen molar-refractivity contribution in [2.45, 2.75) is 54.3 Å². The van der Waals surface area contributed by atoms with E-state index >= 15 is 0 Å². The van der Waals surface area contributed by atoms with Crippen molar-refractivity contribution in [2.24, 2.45) is 11.8 Å². The van der Waals surface area contributed by atoms with Gasteiger partial charge in [-0.2, -0.15) is 0 Å². The molecule has 0 rings (SSSR count). The van der Waals surface area contributed by atoms with Gasteiger partial charge in [-0.3, -0.25) is 0 Å². The Morgan fingerprint density at radius 1 is 1.06 bits per heavy atom. The van der Waals surface area contributed by atoms with Crippen LogP contribution in [0.1, 0.15) is 48.0 Å². The molecule has 0 saturated carbocycles. The molecule has 0 radical (unpaired) electrons. The highest BCUT2D eigenvalue weighted by Gasteiger charge is 2.12. The predicted molar refractivity (Wildman–Crippen MR) is 69.4 cm³/mol. The molecule has 0 bridgehead atoms. The maximum absolute atomic E-state index is 5.63. The van der Waals surface area contributed by atoms with Gasteiger partial charge in [-0.15, -0.1) is 0 Å². The third-order valence-corrected chi connectivity index (χ3v) is 2.86. The molecule has 1 unspecified atom stereocenters. The molecule has 16 heavy (non-hydrogen) atoms. The SMILES string of the molecule is CCOC(C)OC[C@H](C)[C@H](C)CC=C(C)C. The van der Waals surface area contributed by atoms with Crippen LogP contribution >= 0.6 is 0 Å². The molecule has 0 fully saturated rings. The van der Waals surface area contributed by atoms with E-state index in [-0.39, 0.29) is 6.29 Å². The van der Waals surface area contributed by atoms with Crippen LogP contribution in [-0.4, -0.2) is 19.5 Å². The lowest BCUT2D eigenvalue weighted by atomic mass is 9.93. The zero-order chi connectivity index (χ0) is 12.6. The maximum atomic E-state index is 5.63. The summed E-state index contributed by atoms with van der Waals surface area (Å²) in [5, 5.41) is 0. The van der Waals surface area contributed by atoms with Crippen LogP contribution in [0.15, 0.2) is 11.6 Å². The van der Waals surface area contributed by atoms with Gasteiger partial charge in [0.15, 0.2) is 6.29 Å². The van der Waals surface area contributed by atoms with Crippen LogP contribution in [0, 0.1) is 11.8 Å². The number of ether oxygens (including phenoxy) is 2. The van der Waals surface area contributed by atoms with E-state index in [0.717, 1.165) is 13.0 Å². The van der Waals surface area contributed by atoms with Crippen molar-refractivity contribution < 1.29 is 9.47 Å². The second-order valence-electron chi connectivity index (χ2n) is 4.83. The standard InChI is InChI=1S/C14H28O2/c1-7-15-14(6)16-10-13(5)12(4)9-8-11(2)3/h8,12-14H,7,9-10H2,1-6H3/t12-,13+,14?/m1/s1. The number of allylic oxidation sites excluding steroid dienone is 2. The van der Waals surface area contributed by atoms with E-state index in [1.807, 2.05) is 13.8 Å². The highest BCUT2D eigenvalue weighted by molar-refractivity contribution is 4.94. The monoisotopic (exact) mass is 228 g/mol. The Kier molecular flexibility index (Phi) is 8.58. The Balaban J connectivity index is 3.78. The van der Waals surface area contributed by atoms with Crippen molar-refractivity contribution >= 4 is 0 Å². The lowest BCUT2D eigenvalue weighted by molar-refractivity contribution is -0.136. The van der Waals surface area contributed by atoms with Crippen LogP contribution in [0.4, 0.5) is 0 Å². The Labute approximate surface area is 101 Å². The highest BCUT2D eigenvalue weighted by Crippen LogP contribution is 2.17. The van der Waals surface area contributed by atoms with Crippen molar-refractivity contribution in [1.29, 1.82) is 0 Å². The molecule has 0 aliphatic rings. The van der Waals surface area contributed by atoms with E-state index in [2.05, 4.69) is 33.8 Å². The Bertz CT molecular complexity index is 195. The van der Waals surface area contributed by atoms with Gasteiger partial charge >= 0.3 is 0 Å². The zero-order valence-electron chi connectivity index (χ0n) is 11.7. The van der Waals surface area contributed by atoms with Crippen LogP contribution < -0.4 is 0 Å². The van der Waals surface area contributed by atoms with Gasteiger partial charge in [0.2, 0.25) is 0 Å². The van der Waals surface area contributed by atoms with E-state index < -0.39 is 0 Å². The molecule has 0 saturated heterocycles. The molecule has 2 heteroatoms. The first kappa shape index (κ1) is 15.7. The van der Waals surface area contributed by atoms with Crippen LogP contribution in [0.25, 0.3) is 0 Å². The molecule has 0 heterocycles. The van der Waals surface area contributed by atoms with Gasteiger partial charge in [-0.05, 0) is 46.0 Å². The molecule has 0 aliphatic heterocycles. The van der Waals surface area contributed by atoms with E-state index in [1.165, 1.54) is 5.57 Å². The first-order chi connectivity index (χ1) is 7.47. The van der Waals surface area contributed by atoms with Crippen molar-refractivity contribution in [3.05, 3.63) is 11.6 Å². The first-order valence-corrected chi connectivity index (χ1v) is 6.33. The predicted octanol–water partition coefficient (Wildman–Crippen LogP) is 4.01. The summed E-state index contributed by atoms with van der Waals surface area (Å²) in [6.07, 6.45) is 3.35. The third kappa shape index (κ3) is 7.89. The normalized spacial score (nSPS) is 16.6. The molecular weight excluding hydrogens is 200 g/mol. The minimum absolute atomic E-state index is 0.0805. The summed E-state index contributed by atoms with van der Waals surface area (Å²) in [4.78, 5) is 0. The minimum atomic E-state index is -0.0805. The average molecular weight is 228 g/mol. The molecule has 0 spiro atoms. The van der Waals surface area contributed by atoms with Gasteiger partial charge in [-0.1, -0.05) is 25.5 Å². The molecule has 96 valence electrons. The van der Waals surface area contributed by atoms with Crippen molar-refractivity contribution in [2.75, 3.05) is 13.2 Å². The van der Waals surface area contributed by atoms with E-state index in [1.54, 1.807) is 0 Å². The molecule has 0 aliphatic carbocycles. The van der Waals surface area contributed by atoms with Gasteiger partial charge in [0.25, 0.3) is 0 Å². The Morgan fingerprint density at radius 3 is 2.19 bits per heavy atom. The average Bonchev–Trinajstić information content (AvgIpc) is 2.22. The second-order valence-corrected chi connectivity index (χ2v) is 4.83. The molecular formula is C14H28O2. The van der Waals surface area contributed by atoms with Gasteiger partial charge in [0.1, 0.15) is 0 Å². The fourth-order valence-corrected chi connectivity index (χ4v) is 1.39. The molecule has 2 nitrogen and oxygen atoms in total.